The van der Waals surface area contributed by atoms with Crippen molar-refractivity contribution < 1.29 is 5.11 Å². The fourth-order valence-corrected chi connectivity index (χ4v) is 4.70. The Balaban J connectivity index is 1.60. The number of hydrogen-bond acceptors (Lipinski definition) is 7. The number of rotatable bonds is 6. The van der Waals surface area contributed by atoms with Gasteiger partial charge in [0.15, 0.2) is 5.65 Å². The lowest BCUT2D eigenvalue weighted by atomic mass is 10.0. The predicted molar refractivity (Wildman–Crippen MR) is 131 cm³/mol. The highest BCUT2D eigenvalue weighted by molar-refractivity contribution is 5.69. The molecule has 0 radical (unpaired) electrons. The van der Waals surface area contributed by atoms with Crippen molar-refractivity contribution in [2.75, 3.05) is 24.5 Å². The maximum absolute atomic E-state index is 12.7. The quantitative estimate of drug-likeness (QED) is 0.599. The lowest BCUT2D eigenvalue weighted by Gasteiger charge is -2.44. The van der Waals surface area contributed by atoms with Crippen molar-refractivity contribution in [1.82, 2.24) is 24.1 Å². The van der Waals surface area contributed by atoms with Crippen LogP contribution in [0, 0.1) is 11.3 Å². The topological polar surface area (TPSA) is 103 Å². The summed E-state index contributed by atoms with van der Waals surface area (Å²) in [4.78, 5) is 26.6. The minimum absolute atomic E-state index is 0.105. The molecule has 0 aromatic carbocycles. The third kappa shape index (κ3) is 4.43. The van der Waals surface area contributed by atoms with Crippen LogP contribution < -0.4 is 10.5 Å². The van der Waals surface area contributed by atoms with E-state index in [0.29, 0.717) is 17.0 Å². The van der Waals surface area contributed by atoms with E-state index in [9.17, 15) is 9.90 Å². The van der Waals surface area contributed by atoms with E-state index in [1.807, 2.05) is 18.3 Å². The van der Waals surface area contributed by atoms with Crippen molar-refractivity contribution >= 4 is 11.3 Å². The third-order valence-electron chi connectivity index (χ3n) is 6.87. The first kappa shape index (κ1) is 23.9. The Bertz CT molecular complexity index is 1260. The number of nitriles is 1. The highest BCUT2D eigenvalue weighted by Crippen LogP contribution is 2.30. The molecule has 1 fully saturated rings. The SMILES string of the molecule is CCC1CN(C(C)c2ccc(C(C)(C)O)nc2)CCN1c1cc(=O)n(C)n2cc(CC#N)nc12. The Morgan fingerprint density at radius 2 is 2.09 bits per heavy atom. The van der Waals surface area contributed by atoms with Gasteiger partial charge in [-0.25, -0.2) is 14.2 Å². The van der Waals surface area contributed by atoms with E-state index in [0.717, 1.165) is 37.3 Å². The molecule has 0 spiro atoms. The molecule has 3 aromatic rings. The summed E-state index contributed by atoms with van der Waals surface area (Å²) in [7, 11) is 1.71. The highest BCUT2D eigenvalue weighted by atomic mass is 16.3. The van der Waals surface area contributed by atoms with Crippen LogP contribution in [-0.2, 0) is 19.1 Å². The molecule has 9 nitrogen and oxygen atoms in total. The smallest absolute Gasteiger partial charge is 0.267 e. The van der Waals surface area contributed by atoms with E-state index in [1.54, 1.807) is 37.7 Å². The summed E-state index contributed by atoms with van der Waals surface area (Å²) >= 11 is 0. The number of imidazole rings is 1. The largest absolute Gasteiger partial charge is 0.384 e. The van der Waals surface area contributed by atoms with Crippen molar-refractivity contribution in [2.45, 2.75) is 58.2 Å². The van der Waals surface area contributed by atoms with Crippen LogP contribution in [0.15, 0.2) is 35.4 Å². The molecule has 1 aliphatic rings. The van der Waals surface area contributed by atoms with E-state index in [2.05, 4.69) is 39.7 Å². The van der Waals surface area contributed by atoms with Gasteiger partial charge in [-0.15, -0.1) is 0 Å². The van der Waals surface area contributed by atoms with E-state index in [-0.39, 0.29) is 24.1 Å². The normalized spacial score (nSPS) is 18.3. The molecule has 9 heteroatoms. The van der Waals surface area contributed by atoms with Crippen LogP contribution in [0.25, 0.3) is 5.65 Å². The number of hydrogen-bond donors (Lipinski definition) is 1. The van der Waals surface area contributed by atoms with Gasteiger partial charge in [-0.2, -0.15) is 5.26 Å². The Hall–Kier alpha value is -3.22. The second-order valence-electron chi connectivity index (χ2n) is 9.59. The number of aromatic nitrogens is 4. The number of pyridine rings is 1. The fraction of sp³-hybridized carbons (Fsp3) is 0.520. The average Bonchev–Trinajstić information content (AvgIpc) is 3.24. The summed E-state index contributed by atoms with van der Waals surface area (Å²) in [5.74, 6) is 0. The summed E-state index contributed by atoms with van der Waals surface area (Å²) in [6, 6.07) is 8.14. The number of nitrogens with zero attached hydrogens (tertiary/aromatic N) is 7. The molecule has 1 aliphatic heterocycles. The summed E-state index contributed by atoms with van der Waals surface area (Å²) in [5.41, 5.74) is 2.89. The van der Waals surface area contributed by atoms with Crippen LogP contribution in [0.3, 0.4) is 0 Å². The van der Waals surface area contributed by atoms with Crippen LogP contribution in [0.4, 0.5) is 5.69 Å². The molecule has 0 saturated carbocycles. The predicted octanol–water partition coefficient (Wildman–Crippen LogP) is 2.38. The Morgan fingerprint density at radius 1 is 1.32 bits per heavy atom. The maximum atomic E-state index is 12.7. The van der Waals surface area contributed by atoms with Gasteiger partial charge in [-0.05, 0) is 38.8 Å². The summed E-state index contributed by atoms with van der Waals surface area (Å²) in [6.45, 7) is 10.3. The van der Waals surface area contributed by atoms with Gasteiger partial charge in [-0.1, -0.05) is 13.0 Å². The lowest BCUT2D eigenvalue weighted by Crippen LogP contribution is -2.54. The second-order valence-corrected chi connectivity index (χ2v) is 9.59. The first-order valence-corrected chi connectivity index (χ1v) is 11.8. The molecule has 0 bridgehead atoms. The Kier molecular flexibility index (Phi) is 6.47. The van der Waals surface area contributed by atoms with E-state index in [4.69, 9.17) is 5.26 Å². The maximum Gasteiger partial charge on any atom is 0.267 e. The van der Waals surface area contributed by atoms with E-state index in [1.165, 1.54) is 4.68 Å². The number of piperazine rings is 1. The molecule has 4 heterocycles. The lowest BCUT2D eigenvalue weighted by molar-refractivity contribution is 0.0737. The van der Waals surface area contributed by atoms with E-state index >= 15 is 0 Å². The number of aliphatic hydroxyl groups is 1. The number of anilines is 1. The molecule has 0 aliphatic carbocycles. The molecule has 2 unspecified atom stereocenters. The molecule has 4 rings (SSSR count). The number of fused-ring (bicyclic) bond motifs is 1. The molecule has 34 heavy (non-hydrogen) atoms. The van der Waals surface area contributed by atoms with Gasteiger partial charge < -0.3 is 10.0 Å². The van der Waals surface area contributed by atoms with Gasteiger partial charge in [0.05, 0.1) is 35.8 Å². The zero-order chi connectivity index (χ0) is 24.6. The van der Waals surface area contributed by atoms with Crippen LogP contribution >= 0.6 is 0 Å². The summed E-state index contributed by atoms with van der Waals surface area (Å²) < 4.78 is 3.28. The van der Waals surface area contributed by atoms with Crippen molar-refractivity contribution in [3.8, 4) is 6.07 Å². The fourth-order valence-electron chi connectivity index (χ4n) is 4.70. The van der Waals surface area contributed by atoms with Gasteiger partial charge in [-0.3, -0.25) is 14.7 Å². The van der Waals surface area contributed by atoms with Crippen molar-refractivity contribution in [2.24, 2.45) is 7.05 Å². The van der Waals surface area contributed by atoms with Gasteiger partial charge >= 0.3 is 0 Å². The number of aryl methyl sites for hydroxylation is 1. The molecule has 1 saturated heterocycles. The molecule has 0 amide bonds. The van der Waals surface area contributed by atoms with Crippen molar-refractivity contribution in [3.05, 3.63) is 57.9 Å². The zero-order valence-corrected chi connectivity index (χ0v) is 20.6. The van der Waals surface area contributed by atoms with Crippen LogP contribution in [-0.4, -0.2) is 54.8 Å². The monoisotopic (exact) mass is 463 g/mol. The molecule has 1 N–H and O–H groups in total. The molecule has 180 valence electrons. The van der Waals surface area contributed by atoms with Crippen molar-refractivity contribution in [3.63, 3.8) is 0 Å². The summed E-state index contributed by atoms with van der Waals surface area (Å²) in [5, 5.41) is 19.3. The minimum atomic E-state index is -0.960. The van der Waals surface area contributed by atoms with Crippen LogP contribution in [0.1, 0.15) is 57.1 Å². The highest BCUT2D eigenvalue weighted by Gasteiger charge is 2.31. The van der Waals surface area contributed by atoms with Gasteiger partial charge in [0, 0.05) is 51.0 Å². The molecule has 3 aromatic heterocycles. The first-order chi connectivity index (χ1) is 16.1. The summed E-state index contributed by atoms with van der Waals surface area (Å²) in [6.07, 6.45) is 4.76. The first-order valence-electron chi connectivity index (χ1n) is 11.8. The van der Waals surface area contributed by atoms with E-state index < -0.39 is 5.60 Å². The van der Waals surface area contributed by atoms with Crippen LogP contribution in [0.5, 0.6) is 0 Å². The van der Waals surface area contributed by atoms with Gasteiger partial charge in [0.25, 0.3) is 5.56 Å². The molecular formula is C25H33N7O2. The second kappa shape index (κ2) is 9.20. The van der Waals surface area contributed by atoms with Gasteiger partial charge in [0.2, 0.25) is 0 Å². The minimum Gasteiger partial charge on any atom is -0.384 e. The third-order valence-corrected chi connectivity index (χ3v) is 6.87. The standard InChI is InChI=1S/C25H33N7O2/c1-6-20-16-30(17(2)18-7-8-22(27-14-18)25(3,4)34)11-12-31(20)21-13-23(33)29(5)32-15-19(9-10-26)28-24(21)32/h7-8,13-15,17,20,34H,6,9,11-12,16H2,1-5H3. The van der Waals surface area contributed by atoms with Crippen molar-refractivity contribution in [1.29, 1.82) is 5.26 Å². The van der Waals surface area contributed by atoms with Crippen LogP contribution in [0.2, 0.25) is 0 Å². The zero-order valence-electron chi connectivity index (χ0n) is 20.6. The molecular weight excluding hydrogens is 430 g/mol. The average molecular weight is 464 g/mol. The Morgan fingerprint density at radius 3 is 2.71 bits per heavy atom. The Labute approximate surface area is 199 Å². The van der Waals surface area contributed by atoms with Gasteiger partial charge in [0.1, 0.15) is 5.60 Å². The molecule has 2 atom stereocenters.